The molecule has 0 aromatic heterocycles. The Bertz CT molecular complexity index is 939. The van der Waals surface area contributed by atoms with Crippen LogP contribution in [0.25, 0.3) is 6.08 Å². The zero-order chi connectivity index (χ0) is 22.4. The molecule has 4 rings (SSSR count). The van der Waals surface area contributed by atoms with Gasteiger partial charge in [-0.1, -0.05) is 12.1 Å². The number of rotatable bonds is 0. The summed E-state index contributed by atoms with van der Waals surface area (Å²) in [7, 11) is 0. The van der Waals surface area contributed by atoms with E-state index in [-0.39, 0.29) is 23.7 Å². The van der Waals surface area contributed by atoms with E-state index >= 15 is 0 Å². The molecule has 2 amide bonds. The van der Waals surface area contributed by atoms with Crippen LogP contribution in [0.3, 0.4) is 0 Å². The molecular formula is C25H31N3O4. The summed E-state index contributed by atoms with van der Waals surface area (Å²) in [6, 6.07) is 5.81. The van der Waals surface area contributed by atoms with Crippen LogP contribution in [0.5, 0.6) is 5.75 Å². The minimum atomic E-state index is -0.516. The lowest BCUT2D eigenvalue weighted by Crippen LogP contribution is -2.42. The number of nitrogens with one attached hydrogen (secondary N) is 3. The van der Waals surface area contributed by atoms with E-state index in [4.69, 9.17) is 4.74 Å². The van der Waals surface area contributed by atoms with E-state index < -0.39 is 5.41 Å². The maximum absolute atomic E-state index is 12.5. The van der Waals surface area contributed by atoms with Gasteiger partial charge in [-0.2, -0.15) is 0 Å². The van der Waals surface area contributed by atoms with Crippen molar-refractivity contribution in [3.63, 3.8) is 0 Å². The topological polar surface area (TPSA) is 96.5 Å². The standard InChI is InChI=1S/C25H31N3O4/c29-19-8-10-25-11-9-24(31)27-14-2-1-12-26-13-3-15-28-23(30)7-5-18-4-6-21(20(25)16-18)32-22(25)17-19/h4-7,9,11,16,22,26H,1-3,8,10,12-15,17H2,(H,27,31)(H,28,30)/b7-5+,11-9+/t22-,25+/m0/s1. The van der Waals surface area contributed by atoms with E-state index in [1.54, 1.807) is 18.2 Å². The minimum absolute atomic E-state index is 0.122. The van der Waals surface area contributed by atoms with Gasteiger partial charge in [-0.15, -0.1) is 0 Å². The fourth-order valence-corrected chi connectivity index (χ4v) is 4.66. The van der Waals surface area contributed by atoms with Crippen molar-refractivity contribution in [2.24, 2.45) is 0 Å². The summed E-state index contributed by atoms with van der Waals surface area (Å²) >= 11 is 0. The quantitative estimate of drug-likeness (QED) is 0.577. The molecule has 0 saturated heterocycles. The molecule has 2 heterocycles. The molecule has 1 saturated carbocycles. The maximum Gasteiger partial charge on any atom is 0.243 e. The van der Waals surface area contributed by atoms with Crippen molar-refractivity contribution in [1.82, 2.24) is 16.0 Å². The first-order valence-corrected chi connectivity index (χ1v) is 11.5. The average Bonchev–Trinajstić information content (AvgIpc) is 3.10. The van der Waals surface area contributed by atoms with Crippen LogP contribution in [-0.4, -0.2) is 49.9 Å². The number of Topliss-reactive ketones (excluding diaryl/α,β-unsaturated/α-hetero) is 1. The molecule has 2 atom stereocenters. The molecule has 2 bridgehead atoms. The van der Waals surface area contributed by atoms with Gasteiger partial charge in [0.05, 0.1) is 5.41 Å². The van der Waals surface area contributed by atoms with Crippen LogP contribution in [-0.2, 0) is 19.8 Å². The number of hydrogen-bond acceptors (Lipinski definition) is 5. The first kappa shape index (κ1) is 22.3. The molecule has 0 radical (unpaired) electrons. The summed E-state index contributed by atoms with van der Waals surface area (Å²) in [5.41, 5.74) is 1.34. The first-order chi connectivity index (χ1) is 15.6. The number of hydrogen-bond donors (Lipinski definition) is 3. The van der Waals surface area contributed by atoms with Crippen molar-refractivity contribution in [2.45, 2.75) is 50.0 Å². The maximum atomic E-state index is 12.5. The summed E-state index contributed by atoms with van der Waals surface area (Å²) in [4.78, 5) is 36.8. The Balaban J connectivity index is 1.62. The molecule has 7 heteroatoms. The fourth-order valence-electron chi connectivity index (χ4n) is 4.66. The molecule has 1 aliphatic carbocycles. The SMILES string of the molecule is O=C1CC[C@@]23/C=C/C(=O)NCCCCNCCCNC(=O)/C=C/c4ccc(c2c4)O[C@H]3C1. The van der Waals surface area contributed by atoms with Gasteiger partial charge in [0.2, 0.25) is 11.8 Å². The van der Waals surface area contributed by atoms with Gasteiger partial charge in [0.15, 0.2) is 0 Å². The molecule has 3 N–H and O–H groups in total. The summed E-state index contributed by atoms with van der Waals surface area (Å²) in [6.45, 7) is 2.97. The van der Waals surface area contributed by atoms with Crippen molar-refractivity contribution in [1.29, 1.82) is 0 Å². The van der Waals surface area contributed by atoms with Crippen LogP contribution in [0.2, 0.25) is 0 Å². The van der Waals surface area contributed by atoms with E-state index in [1.165, 1.54) is 0 Å². The largest absolute Gasteiger partial charge is 0.488 e. The number of benzene rings is 1. The molecule has 32 heavy (non-hydrogen) atoms. The lowest BCUT2D eigenvalue weighted by atomic mass is 9.68. The zero-order valence-corrected chi connectivity index (χ0v) is 18.3. The summed E-state index contributed by atoms with van der Waals surface area (Å²) in [5.74, 6) is 0.677. The Labute approximate surface area is 188 Å². The lowest BCUT2D eigenvalue weighted by molar-refractivity contribution is -0.123. The lowest BCUT2D eigenvalue weighted by Gasteiger charge is -2.35. The van der Waals surface area contributed by atoms with Crippen molar-refractivity contribution < 1.29 is 19.1 Å². The Kier molecular flexibility index (Phi) is 7.05. The highest BCUT2D eigenvalue weighted by molar-refractivity contribution is 5.92. The Morgan fingerprint density at radius 1 is 0.875 bits per heavy atom. The number of ether oxygens (including phenoxy) is 1. The fraction of sp³-hybridized carbons (Fsp3) is 0.480. The number of carbonyl (C=O) groups is 3. The number of carbonyl (C=O) groups excluding carboxylic acids is 3. The highest BCUT2D eigenvalue weighted by Crippen LogP contribution is 2.51. The third-order valence-electron chi connectivity index (χ3n) is 6.45. The third kappa shape index (κ3) is 5.10. The monoisotopic (exact) mass is 437 g/mol. The van der Waals surface area contributed by atoms with Crippen LogP contribution in [0.1, 0.15) is 49.7 Å². The third-order valence-corrected chi connectivity index (χ3v) is 6.45. The van der Waals surface area contributed by atoms with Gasteiger partial charge in [-0.3, -0.25) is 14.4 Å². The molecule has 7 nitrogen and oxygen atoms in total. The van der Waals surface area contributed by atoms with Gasteiger partial charge < -0.3 is 20.7 Å². The van der Waals surface area contributed by atoms with E-state index in [2.05, 4.69) is 16.0 Å². The Morgan fingerprint density at radius 3 is 2.50 bits per heavy atom. The summed E-state index contributed by atoms with van der Waals surface area (Å²) in [5, 5.41) is 9.23. The van der Waals surface area contributed by atoms with Gasteiger partial charge >= 0.3 is 0 Å². The average molecular weight is 438 g/mol. The smallest absolute Gasteiger partial charge is 0.243 e. The second-order valence-electron chi connectivity index (χ2n) is 8.70. The van der Waals surface area contributed by atoms with Crippen molar-refractivity contribution >= 4 is 23.7 Å². The zero-order valence-electron chi connectivity index (χ0n) is 18.3. The second-order valence-corrected chi connectivity index (χ2v) is 8.70. The van der Waals surface area contributed by atoms with Gasteiger partial charge in [0.1, 0.15) is 17.6 Å². The van der Waals surface area contributed by atoms with Crippen molar-refractivity contribution in [3.8, 4) is 5.75 Å². The van der Waals surface area contributed by atoms with Gasteiger partial charge in [-0.05, 0) is 68.6 Å². The van der Waals surface area contributed by atoms with E-state index in [1.807, 2.05) is 24.3 Å². The van der Waals surface area contributed by atoms with Crippen LogP contribution in [0, 0.1) is 0 Å². The normalized spacial score (nSPS) is 29.1. The molecule has 0 unspecified atom stereocenters. The minimum Gasteiger partial charge on any atom is -0.488 e. The summed E-state index contributed by atoms with van der Waals surface area (Å²) < 4.78 is 6.16. The second kappa shape index (κ2) is 10.1. The highest BCUT2D eigenvalue weighted by Gasteiger charge is 2.50. The van der Waals surface area contributed by atoms with Crippen LogP contribution in [0.4, 0.5) is 0 Å². The van der Waals surface area contributed by atoms with Gasteiger partial charge in [-0.25, -0.2) is 0 Å². The Hall–Kier alpha value is -2.93. The van der Waals surface area contributed by atoms with E-state index in [9.17, 15) is 14.4 Å². The van der Waals surface area contributed by atoms with Crippen LogP contribution < -0.4 is 20.7 Å². The van der Waals surface area contributed by atoms with Crippen LogP contribution >= 0.6 is 0 Å². The molecule has 170 valence electrons. The van der Waals surface area contributed by atoms with E-state index in [0.717, 1.165) is 49.2 Å². The molecule has 1 aromatic rings. The van der Waals surface area contributed by atoms with Gasteiger partial charge in [0, 0.05) is 37.6 Å². The predicted molar refractivity (Wildman–Crippen MR) is 122 cm³/mol. The van der Waals surface area contributed by atoms with Crippen LogP contribution in [0.15, 0.2) is 36.4 Å². The van der Waals surface area contributed by atoms with Crippen molar-refractivity contribution in [3.05, 3.63) is 47.6 Å². The Morgan fingerprint density at radius 2 is 1.62 bits per heavy atom. The van der Waals surface area contributed by atoms with Gasteiger partial charge in [0.25, 0.3) is 0 Å². The van der Waals surface area contributed by atoms with E-state index in [0.29, 0.717) is 32.4 Å². The first-order valence-electron chi connectivity index (χ1n) is 11.5. The highest BCUT2D eigenvalue weighted by atomic mass is 16.5. The predicted octanol–water partition coefficient (Wildman–Crippen LogP) is 2.01. The van der Waals surface area contributed by atoms with Crippen molar-refractivity contribution in [2.75, 3.05) is 26.2 Å². The molecule has 1 spiro atoms. The molecular weight excluding hydrogens is 406 g/mol. The molecule has 3 aliphatic rings. The number of fused-ring (bicyclic) bond motifs is 1. The number of ketones is 1. The number of amides is 2. The molecule has 1 aromatic carbocycles. The molecule has 2 aliphatic heterocycles. The summed E-state index contributed by atoms with van der Waals surface area (Å²) in [6.07, 6.45) is 10.7. The molecule has 1 fully saturated rings.